The quantitative estimate of drug-likeness (QED) is 0.830. The van der Waals surface area contributed by atoms with Crippen LogP contribution < -0.4 is 5.32 Å². The predicted octanol–water partition coefficient (Wildman–Crippen LogP) is 2.69. The van der Waals surface area contributed by atoms with Crippen molar-refractivity contribution in [3.05, 3.63) is 16.1 Å². The molecule has 1 aromatic rings. The van der Waals surface area contributed by atoms with E-state index in [0.29, 0.717) is 4.75 Å². The second kappa shape index (κ2) is 4.85. The average Bonchev–Trinajstić information content (AvgIpc) is 2.89. The van der Waals surface area contributed by atoms with Crippen LogP contribution in [0.1, 0.15) is 30.5 Å². The van der Waals surface area contributed by atoms with Crippen LogP contribution in [-0.4, -0.2) is 22.5 Å². The Kier molecular flexibility index (Phi) is 3.69. The molecule has 2 rings (SSSR count). The molecule has 1 aliphatic rings. The Hall–Kier alpha value is -0.0600. The van der Waals surface area contributed by atoms with Gasteiger partial charge in [-0.25, -0.2) is 4.98 Å². The summed E-state index contributed by atoms with van der Waals surface area (Å²) >= 11 is 3.78. The maximum atomic E-state index is 4.54. The van der Waals surface area contributed by atoms with Gasteiger partial charge < -0.3 is 5.32 Å². The van der Waals surface area contributed by atoms with Crippen LogP contribution in [0.4, 0.5) is 0 Å². The van der Waals surface area contributed by atoms with E-state index >= 15 is 0 Å². The number of rotatable bonds is 6. The third-order valence-electron chi connectivity index (χ3n) is 2.90. The summed E-state index contributed by atoms with van der Waals surface area (Å²) in [6.45, 7) is 4.22. The van der Waals surface area contributed by atoms with Crippen LogP contribution in [0.5, 0.6) is 0 Å². The van der Waals surface area contributed by atoms with Gasteiger partial charge in [0.25, 0.3) is 0 Å². The van der Waals surface area contributed by atoms with Gasteiger partial charge in [0.15, 0.2) is 0 Å². The van der Waals surface area contributed by atoms with Crippen LogP contribution in [-0.2, 0) is 13.0 Å². The fourth-order valence-corrected chi connectivity index (χ4v) is 3.10. The maximum Gasteiger partial charge on any atom is 0.0926 e. The second-order valence-corrected chi connectivity index (χ2v) is 6.29. The van der Waals surface area contributed by atoms with Gasteiger partial charge in [0.1, 0.15) is 0 Å². The van der Waals surface area contributed by atoms with Crippen molar-refractivity contribution in [1.82, 2.24) is 10.3 Å². The van der Waals surface area contributed by atoms with Crippen molar-refractivity contribution in [2.24, 2.45) is 0 Å². The number of nitrogens with zero attached hydrogens (tertiary/aromatic N) is 1. The molecule has 0 bridgehead atoms. The molecule has 0 amide bonds. The lowest BCUT2D eigenvalue weighted by molar-refractivity contribution is 0.654. The van der Waals surface area contributed by atoms with Crippen molar-refractivity contribution >= 4 is 23.1 Å². The zero-order valence-electron chi connectivity index (χ0n) is 9.38. The molecule has 0 aliphatic heterocycles. The molecular weight excluding hydrogens is 224 g/mol. The molecule has 0 atom stereocenters. The Morgan fingerprint density at radius 3 is 2.93 bits per heavy atom. The van der Waals surface area contributed by atoms with Crippen molar-refractivity contribution in [3.8, 4) is 0 Å². The molecule has 84 valence electrons. The molecule has 4 heteroatoms. The van der Waals surface area contributed by atoms with Crippen molar-refractivity contribution < 1.29 is 0 Å². The molecule has 1 aromatic heterocycles. The van der Waals surface area contributed by atoms with E-state index in [1.165, 1.54) is 23.5 Å². The number of thioether (sulfide) groups is 1. The smallest absolute Gasteiger partial charge is 0.0926 e. The van der Waals surface area contributed by atoms with E-state index in [4.69, 9.17) is 0 Å². The maximum absolute atomic E-state index is 4.54. The van der Waals surface area contributed by atoms with E-state index in [1.54, 1.807) is 11.3 Å². The van der Waals surface area contributed by atoms with E-state index in [2.05, 4.69) is 28.9 Å². The van der Waals surface area contributed by atoms with Crippen LogP contribution in [0.2, 0.25) is 0 Å². The van der Waals surface area contributed by atoms with E-state index in [9.17, 15) is 0 Å². The molecule has 0 spiro atoms. The van der Waals surface area contributed by atoms with Crippen LogP contribution in [0.25, 0.3) is 0 Å². The van der Waals surface area contributed by atoms with E-state index in [-0.39, 0.29) is 0 Å². The van der Waals surface area contributed by atoms with Crippen LogP contribution in [0.15, 0.2) is 5.38 Å². The lowest BCUT2D eigenvalue weighted by Gasteiger charge is -2.11. The fraction of sp³-hybridized carbons (Fsp3) is 0.727. The SMILES string of the molecule is CCc1nc(CNCC2(SC)CC2)cs1. The van der Waals surface area contributed by atoms with Gasteiger partial charge in [0.05, 0.1) is 10.7 Å². The summed E-state index contributed by atoms with van der Waals surface area (Å²) in [5, 5.41) is 6.94. The zero-order chi connectivity index (χ0) is 10.7. The molecule has 2 nitrogen and oxygen atoms in total. The largest absolute Gasteiger partial charge is 0.310 e. The number of hydrogen-bond acceptors (Lipinski definition) is 4. The van der Waals surface area contributed by atoms with Crippen molar-refractivity contribution in [3.63, 3.8) is 0 Å². The number of aryl methyl sites for hydroxylation is 1. The van der Waals surface area contributed by atoms with Gasteiger partial charge in [-0.1, -0.05) is 6.92 Å². The molecule has 0 aromatic carbocycles. The highest BCUT2D eigenvalue weighted by molar-refractivity contribution is 8.00. The first-order valence-electron chi connectivity index (χ1n) is 5.47. The Morgan fingerprint density at radius 1 is 1.60 bits per heavy atom. The summed E-state index contributed by atoms with van der Waals surface area (Å²) in [5.41, 5.74) is 1.20. The Balaban J connectivity index is 1.73. The number of thiazole rings is 1. The zero-order valence-corrected chi connectivity index (χ0v) is 11.0. The average molecular weight is 242 g/mol. The first kappa shape index (κ1) is 11.4. The first-order chi connectivity index (χ1) is 7.28. The van der Waals surface area contributed by atoms with Gasteiger partial charge in [0.2, 0.25) is 0 Å². The third kappa shape index (κ3) is 2.95. The summed E-state index contributed by atoms with van der Waals surface area (Å²) in [4.78, 5) is 4.54. The minimum absolute atomic E-state index is 0.559. The van der Waals surface area contributed by atoms with Crippen LogP contribution >= 0.6 is 23.1 Å². The molecule has 0 radical (unpaired) electrons. The fourth-order valence-electron chi connectivity index (χ4n) is 1.60. The highest BCUT2D eigenvalue weighted by Gasteiger charge is 2.41. The molecule has 1 heterocycles. The van der Waals surface area contributed by atoms with Crippen molar-refractivity contribution in [1.29, 1.82) is 0 Å². The van der Waals surface area contributed by atoms with Gasteiger partial charge in [0, 0.05) is 23.2 Å². The lowest BCUT2D eigenvalue weighted by atomic mass is 10.4. The van der Waals surface area contributed by atoms with Gasteiger partial charge in [-0.15, -0.1) is 11.3 Å². The van der Waals surface area contributed by atoms with Gasteiger partial charge >= 0.3 is 0 Å². The van der Waals surface area contributed by atoms with Crippen molar-refractivity contribution in [2.75, 3.05) is 12.8 Å². The minimum atomic E-state index is 0.559. The molecular formula is C11H18N2S2. The third-order valence-corrected chi connectivity index (χ3v) is 5.36. The standard InChI is InChI=1S/C11H18N2S2/c1-3-10-13-9(7-15-10)6-12-8-11(14-2)4-5-11/h7,12H,3-6,8H2,1-2H3. The summed E-state index contributed by atoms with van der Waals surface area (Å²) in [6, 6.07) is 0. The van der Waals surface area contributed by atoms with E-state index < -0.39 is 0 Å². The summed E-state index contributed by atoms with van der Waals surface area (Å²) in [7, 11) is 0. The Labute approximate surface area is 99.9 Å². The van der Waals surface area contributed by atoms with Gasteiger partial charge in [-0.2, -0.15) is 11.8 Å². The monoisotopic (exact) mass is 242 g/mol. The van der Waals surface area contributed by atoms with Crippen LogP contribution in [0, 0.1) is 0 Å². The van der Waals surface area contributed by atoms with Crippen molar-refractivity contribution in [2.45, 2.75) is 37.5 Å². The first-order valence-corrected chi connectivity index (χ1v) is 7.57. The normalized spacial score (nSPS) is 18.0. The number of hydrogen-bond donors (Lipinski definition) is 1. The summed E-state index contributed by atoms with van der Waals surface area (Å²) in [5.74, 6) is 0. The molecule has 1 saturated carbocycles. The molecule has 1 N–H and O–H groups in total. The summed E-state index contributed by atoms with van der Waals surface area (Å²) in [6.07, 6.45) is 6.02. The molecule has 1 fully saturated rings. The highest BCUT2D eigenvalue weighted by Crippen LogP contribution is 2.46. The number of nitrogens with one attached hydrogen (secondary N) is 1. The Morgan fingerprint density at radius 2 is 2.40 bits per heavy atom. The van der Waals surface area contributed by atoms with E-state index in [1.807, 2.05) is 11.8 Å². The van der Waals surface area contributed by atoms with Gasteiger partial charge in [-0.05, 0) is 25.5 Å². The molecule has 0 unspecified atom stereocenters. The molecule has 15 heavy (non-hydrogen) atoms. The highest BCUT2D eigenvalue weighted by atomic mass is 32.2. The molecule has 0 saturated heterocycles. The van der Waals surface area contributed by atoms with Gasteiger partial charge in [-0.3, -0.25) is 0 Å². The number of aromatic nitrogens is 1. The topological polar surface area (TPSA) is 24.9 Å². The van der Waals surface area contributed by atoms with Crippen LogP contribution in [0.3, 0.4) is 0 Å². The summed E-state index contributed by atoms with van der Waals surface area (Å²) < 4.78 is 0.559. The predicted molar refractivity (Wildman–Crippen MR) is 68.7 cm³/mol. The Bertz CT molecular complexity index is 318. The lowest BCUT2D eigenvalue weighted by Crippen LogP contribution is -2.25. The second-order valence-electron chi connectivity index (χ2n) is 4.08. The minimum Gasteiger partial charge on any atom is -0.310 e. The molecule has 1 aliphatic carbocycles. The van der Waals surface area contributed by atoms with E-state index in [0.717, 1.165) is 19.5 Å².